The number of non-ortho nitro benzene ring substituents is 1. The van der Waals surface area contributed by atoms with Crippen molar-refractivity contribution in [1.29, 1.82) is 0 Å². The van der Waals surface area contributed by atoms with Crippen LogP contribution in [0, 0.1) is 13.7 Å². The van der Waals surface area contributed by atoms with E-state index in [0.29, 0.717) is 0 Å². The van der Waals surface area contributed by atoms with Crippen molar-refractivity contribution in [2.75, 3.05) is 0 Å². The Hall–Kier alpha value is -0.120. The van der Waals surface area contributed by atoms with Crippen molar-refractivity contribution in [3.63, 3.8) is 0 Å². The smallest absolute Gasteiger partial charge is 0.258 e. The molecule has 0 N–H and O–H groups in total. The summed E-state index contributed by atoms with van der Waals surface area (Å²) in [4.78, 5) is 9.35. The molecule has 0 spiro atoms. The molecule has 0 heterocycles. The molecule has 0 saturated heterocycles. The quantitative estimate of drug-likeness (QED) is 0.341. The highest BCUT2D eigenvalue weighted by molar-refractivity contribution is 14.1. The summed E-state index contributed by atoms with van der Waals surface area (Å²) < 4.78 is 22.3. The van der Waals surface area contributed by atoms with Crippen LogP contribution in [-0.2, 0) is 9.05 Å². The monoisotopic (exact) mass is 381 g/mol. The fourth-order valence-corrected chi connectivity index (χ4v) is 3.62. The van der Waals surface area contributed by atoms with Crippen molar-refractivity contribution in [3.05, 3.63) is 30.8 Å². The molecular formula is C6H2Cl2INO4S. The normalized spacial score (nSPS) is 11.4. The molecule has 1 rings (SSSR count). The first-order valence-electron chi connectivity index (χ1n) is 3.31. The van der Waals surface area contributed by atoms with Gasteiger partial charge in [0.05, 0.1) is 13.5 Å². The number of halogens is 3. The number of nitrogens with zero attached hydrogens (tertiary/aromatic N) is 1. The summed E-state index contributed by atoms with van der Waals surface area (Å²) in [6.07, 6.45) is 0. The molecule has 0 aromatic heterocycles. The highest BCUT2D eigenvalue weighted by Gasteiger charge is 2.21. The summed E-state index contributed by atoms with van der Waals surface area (Å²) in [5.41, 5.74) is -0.417. The molecule has 0 atom stereocenters. The lowest BCUT2D eigenvalue weighted by molar-refractivity contribution is -0.385. The number of hydrogen-bond acceptors (Lipinski definition) is 4. The molecule has 0 aliphatic heterocycles. The van der Waals surface area contributed by atoms with Gasteiger partial charge < -0.3 is 0 Å². The Bertz CT molecular complexity index is 530. The second kappa shape index (κ2) is 4.40. The lowest BCUT2D eigenvalue weighted by atomic mass is 10.3. The van der Waals surface area contributed by atoms with Crippen molar-refractivity contribution in [3.8, 4) is 0 Å². The zero-order valence-electron chi connectivity index (χ0n) is 6.78. The van der Waals surface area contributed by atoms with Gasteiger partial charge in [-0.05, 0) is 22.6 Å². The molecule has 0 aliphatic carbocycles. The van der Waals surface area contributed by atoms with Crippen LogP contribution in [0.5, 0.6) is 0 Å². The Kier molecular flexibility index (Phi) is 3.80. The van der Waals surface area contributed by atoms with Gasteiger partial charge >= 0.3 is 0 Å². The number of hydrogen-bond donors (Lipinski definition) is 0. The van der Waals surface area contributed by atoms with E-state index in [0.717, 1.165) is 12.1 Å². The van der Waals surface area contributed by atoms with E-state index in [9.17, 15) is 18.5 Å². The Morgan fingerprint density at radius 2 is 1.93 bits per heavy atom. The molecule has 0 aliphatic rings. The summed E-state index contributed by atoms with van der Waals surface area (Å²) in [6, 6.07) is 1.94. The molecule has 5 nitrogen and oxygen atoms in total. The highest BCUT2D eigenvalue weighted by Crippen LogP contribution is 2.32. The van der Waals surface area contributed by atoms with Crippen LogP contribution in [0.4, 0.5) is 5.69 Å². The number of rotatable bonds is 2. The number of nitro groups is 1. The summed E-state index contributed by atoms with van der Waals surface area (Å²) in [6.45, 7) is 0. The molecule has 0 radical (unpaired) electrons. The molecule has 1 aromatic carbocycles. The molecule has 82 valence electrons. The van der Waals surface area contributed by atoms with Crippen molar-refractivity contribution in [2.45, 2.75) is 4.90 Å². The maximum Gasteiger partial charge on any atom is 0.272 e. The van der Waals surface area contributed by atoms with Crippen LogP contribution in [0.15, 0.2) is 17.0 Å². The average molecular weight is 382 g/mol. The van der Waals surface area contributed by atoms with E-state index in [2.05, 4.69) is 0 Å². The van der Waals surface area contributed by atoms with Crippen LogP contribution in [0.1, 0.15) is 0 Å². The largest absolute Gasteiger partial charge is 0.272 e. The van der Waals surface area contributed by atoms with Gasteiger partial charge in [-0.3, -0.25) is 10.1 Å². The lowest BCUT2D eigenvalue weighted by Gasteiger charge is -2.02. The van der Waals surface area contributed by atoms with Crippen LogP contribution in [-0.4, -0.2) is 13.3 Å². The first-order valence-corrected chi connectivity index (χ1v) is 7.08. The molecule has 0 amide bonds. The van der Waals surface area contributed by atoms with Gasteiger partial charge in [0.1, 0.15) is 4.90 Å². The minimum absolute atomic E-state index is 0.0241. The molecular weight excluding hydrogens is 380 g/mol. The van der Waals surface area contributed by atoms with Crippen molar-refractivity contribution in [1.82, 2.24) is 0 Å². The number of nitro benzene ring substituents is 1. The zero-order valence-corrected chi connectivity index (χ0v) is 11.3. The van der Waals surface area contributed by atoms with Crippen LogP contribution >= 0.6 is 44.9 Å². The summed E-state index contributed by atoms with van der Waals surface area (Å²) >= 11 is 7.29. The maximum atomic E-state index is 11.1. The van der Waals surface area contributed by atoms with E-state index in [1.54, 1.807) is 22.6 Å². The molecule has 0 bridgehead atoms. The third-order valence-electron chi connectivity index (χ3n) is 1.45. The van der Waals surface area contributed by atoms with Gasteiger partial charge in [0, 0.05) is 22.8 Å². The van der Waals surface area contributed by atoms with Gasteiger partial charge in [-0.15, -0.1) is 0 Å². The van der Waals surface area contributed by atoms with E-state index in [1.165, 1.54) is 0 Å². The third-order valence-corrected chi connectivity index (χ3v) is 4.94. The second-order valence-electron chi connectivity index (χ2n) is 2.43. The topological polar surface area (TPSA) is 77.3 Å². The van der Waals surface area contributed by atoms with Crippen molar-refractivity contribution < 1.29 is 13.3 Å². The molecule has 0 fully saturated rings. The van der Waals surface area contributed by atoms with E-state index < -0.39 is 19.7 Å². The maximum absolute atomic E-state index is 11.1. The van der Waals surface area contributed by atoms with Gasteiger partial charge in [-0.2, -0.15) is 0 Å². The van der Waals surface area contributed by atoms with E-state index >= 15 is 0 Å². The molecule has 15 heavy (non-hydrogen) atoms. The van der Waals surface area contributed by atoms with E-state index in [-0.39, 0.29) is 13.5 Å². The highest BCUT2D eigenvalue weighted by atomic mass is 127. The Morgan fingerprint density at radius 1 is 1.40 bits per heavy atom. The van der Waals surface area contributed by atoms with E-state index in [4.69, 9.17) is 22.3 Å². The minimum atomic E-state index is -4.04. The van der Waals surface area contributed by atoms with Gasteiger partial charge in [0.15, 0.2) is 0 Å². The average Bonchev–Trinajstić information content (AvgIpc) is 2.06. The SMILES string of the molecule is O=[N+]([O-])c1cc(Cl)c(I)c(S(=O)(=O)Cl)c1. The van der Waals surface area contributed by atoms with Crippen molar-refractivity contribution in [2.24, 2.45) is 0 Å². The Balaban J connectivity index is 3.59. The van der Waals surface area contributed by atoms with Gasteiger partial charge in [0.2, 0.25) is 0 Å². The zero-order chi connectivity index (χ0) is 11.8. The fraction of sp³-hybridized carbons (Fsp3) is 0. The third kappa shape index (κ3) is 2.92. The Morgan fingerprint density at radius 3 is 2.33 bits per heavy atom. The molecule has 0 saturated carbocycles. The van der Waals surface area contributed by atoms with E-state index in [1.807, 2.05) is 0 Å². The molecule has 0 unspecified atom stereocenters. The van der Waals surface area contributed by atoms with Gasteiger partial charge in [0.25, 0.3) is 14.7 Å². The van der Waals surface area contributed by atoms with Gasteiger partial charge in [-0.1, -0.05) is 11.6 Å². The summed E-state index contributed by atoms with van der Waals surface area (Å²) in [5.74, 6) is 0. The lowest BCUT2D eigenvalue weighted by Crippen LogP contribution is -1.98. The minimum Gasteiger partial charge on any atom is -0.258 e. The Labute approximate surface area is 108 Å². The fourth-order valence-electron chi connectivity index (χ4n) is 0.833. The first-order chi connectivity index (χ1) is 6.73. The molecule has 1 aromatic rings. The van der Waals surface area contributed by atoms with Crippen LogP contribution < -0.4 is 0 Å². The molecule has 9 heteroatoms. The predicted octanol–water partition coefficient (Wildman–Crippen LogP) is 2.78. The van der Waals surface area contributed by atoms with Gasteiger partial charge in [-0.25, -0.2) is 8.42 Å². The standard InChI is InChI=1S/C6H2Cl2INO4S/c7-4-1-3(10(11)12)2-5(6(4)9)15(8,13)14/h1-2H. The van der Waals surface area contributed by atoms with Crippen LogP contribution in [0.3, 0.4) is 0 Å². The second-order valence-corrected chi connectivity index (χ2v) is 6.45. The first kappa shape index (κ1) is 12.9. The summed E-state index contributed by atoms with van der Waals surface area (Å²) in [5, 5.41) is 10.4. The van der Waals surface area contributed by atoms with Crippen LogP contribution in [0.25, 0.3) is 0 Å². The van der Waals surface area contributed by atoms with Crippen molar-refractivity contribution >= 4 is 59.6 Å². The van der Waals surface area contributed by atoms with Crippen LogP contribution in [0.2, 0.25) is 5.02 Å². The predicted molar refractivity (Wildman–Crippen MR) is 63.9 cm³/mol. The summed E-state index contributed by atoms with van der Waals surface area (Å²) in [7, 11) is 1.06. The number of benzene rings is 1.